The fourth-order valence-corrected chi connectivity index (χ4v) is 4.84. The molecule has 5 heteroatoms. The van der Waals surface area contributed by atoms with E-state index in [0.717, 1.165) is 23.2 Å². The fourth-order valence-electron chi connectivity index (χ4n) is 4.71. The maximum Gasteiger partial charge on any atom is 0.335 e. The highest BCUT2D eigenvalue weighted by molar-refractivity contribution is 6.30. The predicted molar refractivity (Wildman–Crippen MR) is 127 cm³/mol. The number of halogens is 1. The average molecular weight is 448 g/mol. The van der Waals surface area contributed by atoms with Gasteiger partial charge in [-0.1, -0.05) is 67.9 Å². The highest BCUT2D eigenvalue weighted by Gasteiger charge is 2.61. The molecule has 32 heavy (non-hydrogen) atoms. The van der Waals surface area contributed by atoms with Gasteiger partial charge in [-0.2, -0.15) is 0 Å². The van der Waals surface area contributed by atoms with Crippen LogP contribution >= 0.6 is 11.6 Å². The minimum Gasteiger partial charge on any atom is -0.478 e. The molecular weight excluding hydrogens is 422 g/mol. The second kappa shape index (κ2) is 8.79. The summed E-state index contributed by atoms with van der Waals surface area (Å²) in [6.07, 6.45) is 0.781. The molecule has 0 bridgehead atoms. The molecule has 0 saturated heterocycles. The van der Waals surface area contributed by atoms with Gasteiger partial charge in [0.2, 0.25) is 5.91 Å². The van der Waals surface area contributed by atoms with Gasteiger partial charge in [-0.25, -0.2) is 4.79 Å². The van der Waals surface area contributed by atoms with Crippen molar-refractivity contribution in [1.29, 1.82) is 0 Å². The maximum atomic E-state index is 13.9. The highest BCUT2D eigenvalue weighted by Crippen LogP contribution is 2.60. The van der Waals surface area contributed by atoms with Crippen molar-refractivity contribution < 1.29 is 14.7 Å². The van der Waals surface area contributed by atoms with Gasteiger partial charge in [0, 0.05) is 22.0 Å². The highest BCUT2D eigenvalue weighted by atomic mass is 35.5. The third-order valence-electron chi connectivity index (χ3n) is 6.56. The van der Waals surface area contributed by atoms with Crippen LogP contribution in [0.15, 0.2) is 78.9 Å². The minimum absolute atomic E-state index is 0.0561. The Morgan fingerprint density at radius 1 is 1.03 bits per heavy atom. The number of aromatic carboxylic acids is 1. The number of carboxylic acid groups (broad SMARTS) is 1. The first kappa shape index (κ1) is 22.1. The molecule has 0 aromatic heterocycles. The molecule has 0 radical (unpaired) electrons. The molecule has 1 aliphatic rings. The van der Waals surface area contributed by atoms with Crippen LogP contribution in [0, 0.1) is 11.8 Å². The standard InChI is InChI=1S/C27H26ClNO3/c1-18(2)27(21-11-13-22(28)14-12-21)16-24(27)25(30)29(23-9-4-3-5-10-23)17-19-7-6-8-20(15-19)26(31)32/h3-15,18,24H,16-17H2,1-2H3,(H,31,32)/t24?,27-/m1/s1. The molecule has 2 atom stereocenters. The van der Waals surface area contributed by atoms with Crippen LogP contribution in [0.2, 0.25) is 5.02 Å². The van der Waals surface area contributed by atoms with E-state index in [1.807, 2.05) is 60.7 Å². The van der Waals surface area contributed by atoms with Crippen molar-refractivity contribution >= 4 is 29.2 Å². The molecule has 1 aliphatic carbocycles. The first-order valence-electron chi connectivity index (χ1n) is 10.8. The summed E-state index contributed by atoms with van der Waals surface area (Å²) in [6, 6.07) is 24.2. The van der Waals surface area contributed by atoms with Gasteiger partial charge in [-0.15, -0.1) is 0 Å². The number of hydrogen-bond acceptors (Lipinski definition) is 2. The fraction of sp³-hybridized carbons (Fsp3) is 0.259. The number of hydrogen-bond donors (Lipinski definition) is 1. The lowest BCUT2D eigenvalue weighted by atomic mass is 9.82. The van der Waals surface area contributed by atoms with Gasteiger partial charge in [0.05, 0.1) is 12.1 Å². The first-order chi connectivity index (χ1) is 15.3. The third-order valence-corrected chi connectivity index (χ3v) is 6.81. The monoisotopic (exact) mass is 447 g/mol. The number of amides is 1. The van der Waals surface area contributed by atoms with Gasteiger partial charge in [-0.3, -0.25) is 4.79 Å². The molecule has 1 unspecified atom stereocenters. The number of para-hydroxylation sites is 1. The number of carboxylic acids is 1. The minimum atomic E-state index is -0.979. The molecule has 3 aromatic rings. The summed E-state index contributed by atoms with van der Waals surface area (Å²) >= 11 is 6.10. The van der Waals surface area contributed by atoms with Crippen molar-refractivity contribution in [1.82, 2.24) is 0 Å². The molecule has 4 nitrogen and oxygen atoms in total. The third kappa shape index (κ3) is 4.15. The van der Waals surface area contributed by atoms with Crippen LogP contribution in [-0.2, 0) is 16.8 Å². The largest absolute Gasteiger partial charge is 0.478 e. The van der Waals surface area contributed by atoms with E-state index >= 15 is 0 Å². The Morgan fingerprint density at radius 2 is 1.72 bits per heavy atom. The van der Waals surface area contributed by atoms with Gasteiger partial charge in [0.25, 0.3) is 0 Å². The molecule has 0 aliphatic heterocycles. The molecule has 164 valence electrons. The quantitative estimate of drug-likeness (QED) is 0.470. The van der Waals surface area contributed by atoms with Crippen LogP contribution in [0.25, 0.3) is 0 Å². The molecule has 1 amide bonds. The SMILES string of the molecule is CC(C)[C@@]1(c2ccc(Cl)cc2)CC1C(=O)N(Cc1cccc(C(=O)O)c1)c1ccccc1. The lowest BCUT2D eigenvalue weighted by molar-refractivity contribution is -0.120. The summed E-state index contributed by atoms with van der Waals surface area (Å²) in [7, 11) is 0. The Kier molecular flexibility index (Phi) is 6.07. The zero-order valence-corrected chi connectivity index (χ0v) is 18.9. The van der Waals surface area contributed by atoms with Crippen molar-refractivity contribution in [3.63, 3.8) is 0 Å². The molecule has 4 rings (SSSR count). The Morgan fingerprint density at radius 3 is 2.34 bits per heavy atom. The normalized spacial score (nSPS) is 19.6. The number of carbonyl (C=O) groups excluding carboxylic acids is 1. The number of anilines is 1. The van der Waals surface area contributed by atoms with Crippen molar-refractivity contribution in [2.45, 2.75) is 32.2 Å². The van der Waals surface area contributed by atoms with E-state index in [9.17, 15) is 14.7 Å². The average Bonchev–Trinajstić information content (AvgIpc) is 3.55. The van der Waals surface area contributed by atoms with Gasteiger partial charge in [0.15, 0.2) is 0 Å². The van der Waals surface area contributed by atoms with Crippen molar-refractivity contribution in [2.24, 2.45) is 11.8 Å². The van der Waals surface area contributed by atoms with Crippen LogP contribution in [0.5, 0.6) is 0 Å². The van der Waals surface area contributed by atoms with Gasteiger partial charge in [-0.05, 0) is 59.9 Å². The molecule has 0 heterocycles. The Labute approximate surface area is 193 Å². The summed E-state index contributed by atoms with van der Waals surface area (Å²) in [6.45, 7) is 4.63. The van der Waals surface area contributed by atoms with Crippen LogP contribution in [0.1, 0.15) is 41.8 Å². The first-order valence-corrected chi connectivity index (χ1v) is 11.2. The van der Waals surface area contributed by atoms with Crippen molar-refractivity contribution in [2.75, 3.05) is 4.90 Å². The smallest absolute Gasteiger partial charge is 0.335 e. The summed E-state index contributed by atoms with van der Waals surface area (Å²) < 4.78 is 0. The predicted octanol–water partition coefficient (Wildman–Crippen LogP) is 6.19. The van der Waals surface area contributed by atoms with E-state index in [2.05, 4.69) is 13.8 Å². The lowest BCUT2D eigenvalue weighted by Crippen LogP contribution is -2.35. The number of nitrogens with zero attached hydrogens (tertiary/aromatic N) is 1. The summed E-state index contributed by atoms with van der Waals surface area (Å²) in [4.78, 5) is 27.1. The van der Waals surface area contributed by atoms with Crippen molar-refractivity contribution in [3.05, 3.63) is 101 Å². The van der Waals surface area contributed by atoms with Crippen molar-refractivity contribution in [3.8, 4) is 0 Å². The Balaban J connectivity index is 1.68. The van der Waals surface area contributed by atoms with E-state index in [1.165, 1.54) is 0 Å². The topological polar surface area (TPSA) is 57.6 Å². The van der Waals surface area contributed by atoms with E-state index < -0.39 is 5.97 Å². The molecule has 1 fully saturated rings. The van der Waals surface area contributed by atoms with E-state index in [1.54, 1.807) is 23.1 Å². The second-order valence-electron chi connectivity index (χ2n) is 8.72. The zero-order valence-electron chi connectivity index (χ0n) is 18.2. The summed E-state index contributed by atoms with van der Waals surface area (Å²) in [5.74, 6) is -0.786. The van der Waals surface area contributed by atoms with Crippen LogP contribution in [0.3, 0.4) is 0 Å². The van der Waals surface area contributed by atoms with E-state index in [-0.39, 0.29) is 28.7 Å². The number of rotatable bonds is 7. The zero-order chi connectivity index (χ0) is 22.9. The Bertz CT molecular complexity index is 1130. The van der Waals surface area contributed by atoms with E-state index in [0.29, 0.717) is 11.6 Å². The van der Waals surface area contributed by atoms with Gasteiger partial charge in [0.1, 0.15) is 0 Å². The summed E-state index contributed by atoms with van der Waals surface area (Å²) in [5.41, 5.74) is 2.71. The molecule has 1 saturated carbocycles. The number of carbonyl (C=O) groups is 2. The number of benzene rings is 3. The maximum absolute atomic E-state index is 13.9. The van der Waals surface area contributed by atoms with Gasteiger partial charge >= 0.3 is 5.97 Å². The summed E-state index contributed by atoms with van der Waals surface area (Å²) in [5, 5.41) is 10.0. The van der Waals surface area contributed by atoms with Crippen LogP contribution in [0.4, 0.5) is 5.69 Å². The second-order valence-corrected chi connectivity index (χ2v) is 9.16. The molecule has 1 N–H and O–H groups in total. The van der Waals surface area contributed by atoms with Crippen LogP contribution < -0.4 is 4.90 Å². The van der Waals surface area contributed by atoms with E-state index in [4.69, 9.17) is 11.6 Å². The van der Waals surface area contributed by atoms with Gasteiger partial charge < -0.3 is 10.0 Å². The molecular formula is C27H26ClNO3. The Hall–Kier alpha value is -3.11. The molecule has 3 aromatic carbocycles. The molecule has 0 spiro atoms. The van der Waals surface area contributed by atoms with Crippen LogP contribution in [-0.4, -0.2) is 17.0 Å². The lowest BCUT2D eigenvalue weighted by Gasteiger charge is -2.27.